The molecule has 0 saturated carbocycles. The first kappa shape index (κ1) is 10.9. The van der Waals surface area contributed by atoms with Gasteiger partial charge in [-0.15, -0.1) is 0 Å². The van der Waals surface area contributed by atoms with Crippen LogP contribution in [-0.2, 0) is 9.53 Å². The molecule has 2 N–H and O–H groups in total. The van der Waals surface area contributed by atoms with E-state index in [2.05, 4.69) is 17.6 Å². The number of hydrogen-bond donors (Lipinski definition) is 2. The minimum atomic E-state index is -0.0498. The molecule has 4 heteroatoms. The van der Waals surface area contributed by atoms with Crippen LogP contribution >= 0.6 is 0 Å². The molecule has 86 valence electrons. The molecular weight excluding hydrogens is 192 g/mol. The van der Waals surface area contributed by atoms with E-state index in [-0.39, 0.29) is 18.1 Å². The first-order chi connectivity index (χ1) is 7.27. The molecule has 4 nitrogen and oxygen atoms in total. The fourth-order valence-corrected chi connectivity index (χ4v) is 2.28. The smallest absolute Gasteiger partial charge is 0.323 e. The average Bonchev–Trinajstić information content (AvgIpc) is 2.74. The van der Waals surface area contributed by atoms with Gasteiger partial charge in [-0.3, -0.25) is 4.79 Å². The van der Waals surface area contributed by atoms with Gasteiger partial charge in [-0.25, -0.2) is 0 Å². The molecule has 2 unspecified atom stereocenters. The van der Waals surface area contributed by atoms with Crippen molar-refractivity contribution in [2.24, 2.45) is 5.92 Å². The molecular formula is C11H20N2O2. The predicted molar refractivity (Wildman–Crippen MR) is 57.6 cm³/mol. The number of carbonyl (C=O) groups excluding carboxylic acids is 1. The Morgan fingerprint density at radius 3 is 2.87 bits per heavy atom. The molecule has 0 aromatic heterocycles. The summed E-state index contributed by atoms with van der Waals surface area (Å²) >= 11 is 0. The van der Waals surface area contributed by atoms with Gasteiger partial charge in [-0.2, -0.15) is 0 Å². The Morgan fingerprint density at radius 2 is 2.20 bits per heavy atom. The highest BCUT2D eigenvalue weighted by atomic mass is 16.5. The van der Waals surface area contributed by atoms with Crippen LogP contribution in [0.2, 0.25) is 0 Å². The number of piperidine rings is 1. The van der Waals surface area contributed by atoms with Crippen LogP contribution in [0, 0.1) is 5.92 Å². The Balaban J connectivity index is 1.81. The molecule has 0 radical (unpaired) electrons. The predicted octanol–water partition coefficient (Wildman–Crippen LogP) is 0.280. The van der Waals surface area contributed by atoms with Crippen LogP contribution in [0.1, 0.15) is 26.2 Å². The zero-order valence-electron chi connectivity index (χ0n) is 9.29. The maximum absolute atomic E-state index is 11.8. The van der Waals surface area contributed by atoms with Crippen molar-refractivity contribution in [3.8, 4) is 0 Å². The summed E-state index contributed by atoms with van der Waals surface area (Å²) in [4.78, 5) is 11.8. The van der Waals surface area contributed by atoms with Gasteiger partial charge in [0.15, 0.2) is 0 Å². The van der Waals surface area contributed by atoms with Crippen LogP contribution in [0.4, 0.5) is 0 Å². The third-order valence-corrected chi connectivity index (χ3v) is 3.32. The van der Waals surface area contributed by atoms with E-state index in [0.717, 1.165) is 38.9 Å². The fourth-order valence-electron chi connectivity index (χ4n) is 2.28. The second kappa shape index (κ2) is 4.94. The fraction of sp³-hybridized carbons (Fsp3) is 0.909. The Bertz CT molecular complexity index is 227. The van der Waals surface area contributed by atoms with Gasteiger partial charge in [0.25, 0.3) is 0 Å². The second-order valence-electron chi connectivity index (χ2n) is 4.59. The standard InChI is InChI=1S/C11H20N2O2/c1-8-7-12-6-4-10(8)15-11(14)9-3-2-5-13-9/h8-10,12-13H,2-7H2,1H3/t8?,9-,10?/m0/s1. The van der Waals surface area contributed by atoms with Crippen molar-refractivity contribution in [1.29, 1.82) is 0 Å². The number of carbonyl (C=O) groups is 1. The molecule has 2 fully saturated rings. The lowest BCUT2D eigenvalue weighted by Crippen LogP contribution is -2.43. The average molecular weight is 212 g/mol. The van der Waals surface area contributed by atoms with E-state index in [4.69, 9.17) is 4.74 Å². The molecule has 2 aliphatic heterocycles. The summed E-state index contributed by atoms with van der Waals surface area (Å²) in [5.41, 5.74) is 0. The third-order valence-electron chi connectivity index (χ3n) is 3.32. The van der Waals surface area contributed by atoms with E-state index in [1.54, 1.807) is 0 Å². The maximum Gasteiger partial charge on any atom is 0.323 e. The summed E-state index contributed by atoms with van der Waals surface area (Å²) < 4.78 is 5.55. The van der Waals surface area contributed by atoms with Crippen molar-refractivity contribution in [2.75, 3.05) is 19.6 Å². The lowest BCUT2D eigenvalue weighted by Gasteiger charge is -2.29. The van der Waals surface area contributed by atoms with Crippen molar-refractivity contribution in [3.63, 3.8) is 0 Å². The second-order valence-corrected chi connectivity index (χ2v) is 4.59. The first-order valence-corrected chi connectivity index (χ1v) is 5.92. The SMILES string of the molecule is CC1CNCCC1OC(=O)[C@@H]1CCCN1. The minimum Gasteiger partial charge on any atom is -0.461 e. The summed E-state index contributed by atoms with van der Waals surface area (Å²) in [7, 11) is 0. The highest BCUT2D eigenvalue weighted by Crippen LogP contribution is 2.17. The van der Waals surface area contributed by atoms with Gasteiger partial charge in [0.1, 0.15) is 12.1 Å². The maximum atomic E-state index is 11.8. The minimum absolute atomic E-state index is 0.0490. The number of rotatable bonds is 2. The van der Waals surface area contributed by atoms with Gasteiger partial charge in [-0.1, -0.05) is 6.92 Å². The van der Waals surface area contributed by atoms with Crippen LogP contribution in [0.3, 0.4) is 0 Å². The Labute approximate surface area is 90.8 Å². The molecule has 2 rings (SSSR count). The first-order valence-electron chi connectivity index (χ1n) is 5.92. The number of esters is 1. The largest absolute Gasteiger partial charge is 0.461 e. The lowest BCUT2D eigenvalue weighted by atomic mass is 9.98. The van der Waals surface area contributed by atoms with Gasteiger partial charge in [-0.05, 0) is 32.4 Å². The van der Waals surface area contributed by atoms with Crippen molar-refractivity contribution < 1.29 is 9.53 Å². The van der Waals surface area contributed by atoms with Crippen LogP contribution in [0.5, 0.6) is 0 Å². The van der Waals surface area contributed by atoms with Crippen LogP contribution in [0.15, 0.2) is 0 Å². The summed E-state index contributed by atoms with van der Waals surface area (Å²) in [6, 6.07) is -0.0490. The van der Waals surface area contributed by atoms with E-state index in [1.807, 2.05) is 0 Å². The molecule has 2 aliphatic rings. The van der Waals surface area contributed by atoms with Gasteiger partial charge in [0.05, 0.1) is 0 Å². The van der Waals surface area contributed by atoms with Gasteiger partial charge in [0, 0.05) is 12.5 Å². The Hall–Kier alpha value is -0.610. The van der Waals surface area contributed by atoms with Crippen molar-refractivity contribution in [1.82, 2.24) is 10.6 Å². The normalized spacial score (nSPS) is 36.5. The number of hydrogen-bond acceptors (Lipinski definition) is 4. The number of ether oxygens (including phenoxy) is 1. The number of nitrogens with one attached hydrogen (secondary N) is 2. The van der Waals surface area contributed by atoms with Crippen molar-refractivity contribution >= 4 is 5.97 Å². The van der Waals surface area contributed by atoms with Gasteiger partial charge >= 0.3 is 5.97 Å². The molecule has 0 amide bonds. The van der Waals surface area contributed by atoms with Crippen LogP contribution in [-0.4, -0.2) is 37.7 Å². The van der Waals surface area contributed by atoms with E-state index in [1.165, 1.54) is 0 Å². The Morgan fingerprint density at radius 1 is 1.33 bits per heavy atom. The molecule has 0 aromatic rings. The lowest BCUT2D eigenvalue weighted by molar-refractivity contribution is -0.154. The third kappa shape index (κ3) is 2.69. The van der Waals surface area contributed by atoms with Crippen LogP contribution in [0.25, 0.3) is 0 Å². The van der Waals surface area contributed by atoms with Gasteiger partial charge < -0.3 is 15.4 Å². The van der Waals surface area contributed by atoms with Crippen LogP contribution < -0.4 is 10.6 Å². The monoisotopic (exact) mass is 212 g/mol. The molecule has 2 saturated heterocycles. The van der Waals surface area contributed by atoms with E-state index < -0.39 is 0 Å². The van der Waals surface area contributed by atoms with E-state index in [0.29, 0.717) is 5.92 Å². The highest BCUT2D eigenvalue weighted by Gasteiger charge is 2.29. The molecule has 0 aliphatic carbocycles. The molecule has 0 bridgehead atoms. The molecule has 0 spiro atoms. The zero-order valence-corrected chi connectivity index (χ0v) is 9.29. The quantitative estimate of drug-likeness (QED) is 0.646. The van der Waals surface area contributed by atoms with Gasteiger partial charge in [0.2, 0.25) is 0 Å². The van der Waals surface area contributed by atoms with Crippen molar-refractivity contribution in [2.45, 2.75) is 38.3 Å². The summed E-state index contributed by atoms with van der Waals surface area (Å²) in [5, 5.41) is 6.47. The topological polar surface area (TPSA) is 50.4 Å². The summed E-state index contributed by atoms with van der Waals surface area (Å²) in [5.74, 6) is 0.385. The van der Waals surface area contributed by atoms with Crippen molar-refractivity contribution in [3.05, 3.63) is 0 Å². The zero-order chi connectivity index (χ0) is 10.7. The molecule has 15 heavy (non-hydrogen) atoms. The molecule has 3 atom stereocenters. The highest BCUT2D eigenvalue weighted by molar-refractivity contribution is 5.76. The van der Waals surface area contributed by atoms with E-state index in [9.17, 15) is 4.79 Å². The van der Waals surface area contributed by atoms with E-state index >= 15 is 0 Å². The molecule has 2 heterocycles. The summed E-state index contributed by atoms with van der Waals surface area (Å²) in [6.45, 7) is 4.99. The molecule has 0 aromatic carbocycles. The summed E-state index contributed by atoms with van der Waals surface area (Å²) in [6.07, 6.45) is 3.07. The Kier molecular flexibility index (Phi) is 3.59.